The zero-order valence-electron chi connectivity index (χ0n) is 9.88. The number of aromatic nitrogens is 2. The fourth-order valence-electron chi connectivity index (χ4n) is 1.98. The van der Waals surface area contributed by atoms with Gasteiger partial charge in [-0.2, -0.15) is 9.40 Å². The van der Waals surface area contributed by atoms with E-state index in [1.165, 1.54) is 21.4 Å². The number of rotatable bonds is 2. The molecule has 2 heterocycles. The number of hydrogen-bond acceptors (Lipinski definition) is 3. The standard InChI is InChI=1S/C10H16ClN3O2S/c1-8-6-14(4-3-10(8)11)17(15,16)9-5-12-13(2)7-9/h5,7-8,10H,3-4,6H2,1-2H3. The molecule has 0 bridgehead atoms. The van der Waals surface area contributed by atoms with E-state index in [0.29, 0.717) is 19.5 Å². The van der Waals surface area contributed by atoms with Crippen molar-refractivity contribution in [3.8, 4) is 0 Å². The zero-order valence-corrected chi connectivity index (χ0v) is 11.4. The molecule has 2 unspecified atom stereocenters. The minimum absolute atomic E-state index is 0.0651. The molecule has 96 valence electrons. The Kier molecular flexibility index (Phi) is 3.47. The van der Waals surface area contributed by atoms with Crippen molar-refractivity contribution in [2.24, 2.45) is 13.0 Å². The van der Waals surface area contributed by atoms with Crippen LogP contribution in [-0.2, 0) is 17.1 Å². The molecule has 2 rings (SSSR count). The van der Waals surface area contributed by atoms with Gasteiger partial charge in [0.1, 0.15) is 4.90 Å². The van der Waals surface area contributed by atoms with Crippen LogP contribution in [0.4, 0.5) is 0 Å². The maximum absolute atomic E-state index is 12.3. The van der Waals surface area contributed by atoms with E-state index in [1.807, 2.05) is 6.92 Å². The van der Waals surface area contributed by atoms with Crippen LogP contribution in [0.5, 0.6) is 0 Å². The Bertz CT molecular complexity index is 499. The molecule has 0 N–H and O–H groups in total. The third kappa shape index (κ3) is 2.48. The third-order valence-electron chi connectivity index (χ3n) is 3.08. The van der Waals surface area contributed by atoms with Gasteiger partial charge in [-0.3, -0.25) is 4.68 Å². The molecule has 17 heavy (non-hydrogen) atoms. The first-order valence-electron chi connectivity index (χ1n) is 5.54. The Morgan fingerprint density at radius 2 is 2.24 bits per heavy atom. The molecule has 1 fully saturated rings. The van der Waals surface area contributed by atoms with Crippen LogP contribution in [0.2, 0.25) is 0 Å². The molecule has 7 heteroatoms. The van der Waals surface area contributed by atoms with Gasteiger partial charge in [0.05, 0.1) is 6.20 Å². The van der Waals surface area contributed by atoms with Gasteiger partial charge in [-0.1, -0.05) is 6.92 Å². The number of alkyl halides is 1. The van der Waals surface area contributed by atoms with E-state index in [1.54, 1.807) is 7.05 Å². The van der Waals surface area contributed by atoms with Crippen molar-refractivity contribution in [1.29, 1.82) is 0 Å². The van der Waals surface area contributed by atoms with Gasteiger partial charge in [0, 0.05) is 31.7 Å². The summed E-state index contributed by atoms with van der Waals surface area (Å²) in [7, 11) is -1.71. The Morgan fingerprint density at radius 3 is 2.76 bits per heavy atom. The highest BCUT2D eigenvalue weighted by atomic mass is 35.5. The monoisotopic (exact) mass is 277 g/mol. The SMILES string of the molecule is CC1CN(S(=O)(=O)c2cnn(C)c2)CCC1Cl. The molecule has 0 aliphatic carbocycles. The molecule has 0 spiro atoms. The Hall–Kier alpha value is -0.590. The van der Waals surface area contributed by atoms with Crippen LogP contribution in [0.3, 0.4) is 0 Å². The number of nitrogens with zero attached hydrogens (tertiary/aromatic N) is 3. The normalized spacial score (nSPS) is 27.2. The van der Waals surface area contributed by atoms with E-state index in [9.17, 15) is 8.42 Å². The number of sulfonamides is 1. The summed E-state index contributed by atoms with van der Waals surface area (Å²) >= 11 is 6.09. The lowest BCUT2D eigenvalue weighted by Gasteiger charge is -2.32. The molecular formula is C10H16ClN3O2S. The topological polar surface area (TPSA) is 55.2 Å². The van der Waals surface area contributed by atoms with Crippen LogP contribution in [0.1, 0.15) is 13.3 Å². The van der Waals surface area contributed by atoms with Crippen molar-refractivity contribution in [2.45, 2.75) is 23.6 Å². The Balaban J connectivity index is 2.22. The summed E-state index contributed by atoms with van der Waals surface area (Å²) in [6.45, 7) is 2.93. The predicted molar refractivity (Wildman–Crippen MR) is 65.4 cm³/mol. The van der Waals surface area contributed by atoms with Gasteiger partial charge >= 0.3 is 0 Å². The average Bonchev–Trinajstić information content (AvgIpc) is 2.69. The molecule has 1 aliphatic rings. The number of piperidine rings is 1. The number of hydrogen-bond donors (Lipinski definition) is 0. The van der Waals surface area contributed by atoms with Gasteiger partial charge in [-0.25, -0.2) is 8.42 Å². The largest absolute Gasteiger partial charge is 0.274 e. The molecule has 0 saturated carbocycles. The summed E-state index contributed by atoms with van der Waals surface area (Å²) in [5, 5.41) is 3.96. The summed E-state index contributed by atoms with van der Waals surface area (Å²) in [4.78, 5) is 0.250. The molecular weight excluding hydrogens is 262 g/mol. The van der Waals surface area contributed by atoms with Gasteiger partial charge in [-0.15, -0.1) is 11.6 Å². The molecule has 1 aromatic rings. The van der Waals surface area contributed by atoms with E-state index in [2.05, 4.69) is 5.10 Å². The van der Waals surface area contributed by atoms with Gasteiger partial charge < -0.3 is 0 Å². The van der Waals surface area contributed by atoms with Gasteiger partial charge in [-0.05, 0) is 12.3 Å². The van der Waals surface area contributed by atoms with E-state index in [4.69, 9.17) is 11.6 Å². The molecule has 5 nitrogen and oxygen atoms in total. The quantitative estimate of drug-likeness (QED) is 0.760. The predicted octanol–water partition coefficient (Wildman–Crippen LogP) is 1.06. The smallest absolute Gasteiger partial charge is 0.246 e. The van der Waals surface area contributed by atoms with Gasteiger partial charge in [0.15, 0.2) is 0 Å². The van der Waals surface area contributed by atoms with Crippen LogP contribution < -0.4 is 0 Å². The number of aryl methyl sites for hydroxylation is 1. The van der Waals surface area contributed by atoms with Crippen LogP contribution >= 0.6 is 11.6 Å². The highest BCUT2D eigenvalue weighted by Gasteiger charge is 2.33. The summed E-state index contributed by atoms with van der Waals surface area (Å²) in [6, 6.07) is 0. The van der Waals surface area contributed by atoms with Gasteiger partial charge in [0.25, 0.3) is 0 Å². The maximum Gasteiger partial charge on any atom is 0.246 e. The summed E-state index contributed by atoms with van der Waals surface area (Å²) in [6.07, 6.45) is 3.60. The third-order valence-corrected chi connectivity index (χ3v) is 5.55. The van der Waals surface area contributed by atoms with E-state index >= 15 is 0 Å². The zero-order chi connectivity index (χ0) is 12.6. The first-order valence-corrected chi connectivity index (χ1v) is 7.42. The lowest BCUT2D eigenvalue weighted by molar-refractivity contribution is 0.286. The van der Waals surface area contributed by atoms with Crippen LogP contribution in [0, 0.1) is 5.92 Å². The highest BCUT2D eigenvalue weighted by Crippen LogP contribution is 2.26. The van der Waals surface area contributed by atoms with Crippen molar-refractivity contribution < 1.29 is 8.42 Å². The lowest BCUT2D eigenvalue weighted by atomic mass is 10.0. The minimum atomic E-state index is -3.41. The molecule has 1 aliphatic heterocycles. The summed E-state index contributed by atoms with van der Waals surface area (Å²) in [5.74, 6) is 0.178. The van der Waals surface area contributed by atoms with Crippen molar-refractivity contribution in [3.63, 3.8) is 0 Å². The fraction of sp³-hybridized carbons (Fsp3) is 0.700. The molecule has 0 amide bonds. The molecule has 1 aromatic heterocycles. The van der Waals surface area contributed by atoms with Crippen LogP contribution in [0.25, 0.3) is 0 Å². The Labute approximate surface area is 106 Å². The van der Waals surface area contributed by atoms with Gasteiger partial charge in [0.2, 0.25) is 10.0 Å². The minimum Gasteiger partial charge on any atom is -0.274 e. The van der Waals surface area contributed by atoms with E-state index < -0.39 is 10.0 Å². The van der Waals surface area contributed by atoms with Crippen molar-refractivity contribution in [3.05, 3.63) is 12.4 Å². The average molecular weight is 278 g/mol. The number of halogens is 1. The molecule has 2 atom stereocenters. The van der Waals surface area contributed by atoms with Crippen molar-refractivity contribution >= 4 is 21.6 Å². The highest BCUT2D eigenvalue weighted by molar-refractivity contribution is 7.89. The Morgan fingerprint density at radius 1 is 1.53 bits per heavy atom. The van der Waals surface area contributed by atoms with Crippen LogP contribution in [0.15, 0.2) is 17.3 Å². The first-order chi connectivity index (χ1) is 7.91. The van der Waals surface area contributed by atoms with E-state index in [0.717, 1.165) is 0 Å². The van der Waals surface area contributed by atoms with E-state index in [-0.39, 0.29) is 16.2 Å². The molecule has 0 radical (unpaired) electrons. The second kappa shape index (κ2) is 4.59. The van der Waals surface area contributed by atoms with Crippen LogP contribution in [-0.4, -0.2) is 41.0 Å². The molecule has 0 aromatic carbocycles. The summed E-state index contributed by atoms with van der Waals surface area (Å²) in [5.41, 5.74) is 0. The second-order valence-corrected chi connectivity index (χ2v) is 6.99. The second-order valence-electron chi connectivity index (χ2n) is 4.49. The lowest BCUT2D eigenvalue weighted by Crippen LogP contribution is -2.43. The molecule has 1 saturated heterocycles. The van der Waals surface area contributed by atoms with Crippen molar-refractivity contribution in [2.75, 3.05) is 13.1 Å². The summed E-state index contributed by atoms with van der Waals surface area (Å²) < 4.78 is 27.5. The first kappa shape index (κ1) is 12.9. The fourth-order valence-corrected chi connectivity index (χ4v) is 3.70. The maximum atomic E-state index is 12.3. The van der Waals surface area contributed by atoms with Crippen molar-refractivity contribution in [1.82, 2.24) is 14.1 Å².